The van der Waals surface area contributed by atoms with Crippen LogP contribution in [0.3, 0.4) is 0 Å². The van der Waals surface area contributed by atoms with Crippen LogP contribution >= 0.6 is 11.6 Å². The minimum absolute atomic E-state index is 0.0278. The molecule has 4 amide bonds. The first-order chi connectivity index (χ1) is 15.7. The maximum absolute atomic E-state index is 14.0. The van der Waals surface area contributed by atoms with E-state index >= 15 is 0 Å². The number of rotatable bonds is 2. The first-order valence-corrected chi connectivity index (χ1v) is 11.1. The van der Waals surface area contributed by atoms with Gasteiger partial charge in [-0.3, -0.25) is 25.0 Å². The molecule has 3 aliphatic heterocycles. The van der Waals surface area contributed by atoms with Crippen molar-refractivity contribution in [1.29, 1.82) is 0 Å². The fourth-order valence-corrected chi connectivity index (χ4v) is 5.48. The van der Waals surface area contributed by atoms with Gasteiger partial charge in [-0.05, 0) is 54.7 Å². The Bertz CT molecular complexity index is 1200. The van der Waals surface area contributed by atoms with E-state index in [1.54, 1.807) is 30.3 Å². The summed E-state index contributed by atoms with van der Waals surface area (Å²) in [7, 11) is 0. The smallest absolute Gasteiger partial charge is 0.335 e. The lowest BCUT2D eigenvalue weighted by molar-refractivity contribution is -0.384. The molecule has 5 rings (SSSR count). The van der Waals surface area contributed by atoms with Crippen molar-refractivity contribution in [2.24, 2.45) is 11.3 Å². The van der Waals surface area contributed by atoms with Gasteiger partial charge in [0.2, 0.25) is 5.91 Å². The minimum atomic E-state index is -1.59. The molecule has 3 aliphatic rings. The summed E-state index contributed by atoms with van der Waals surface area (Å²) in [5.41, 5.74) is -0.0663. The molecule has 1 N–H and O–H groups in total. The third-order valence-corrected chi connectivity index (χ3v) is 7.24. The van der Waals surface area contributed by atoms with E-state index in [0.29, 0.717) is 29.2 Å². The average Bonchev–Trinajstić information content (AvgIpc) is 2.78. The molecule has 3 atom stereocenters. The maximum Gasteiger partial charge on any atom is 0.335 e. The zero-order valence-electron chi connectivity index (χ0n) is 17.8. The number of benzene rings is 2. The number of barbiturate groups is 1. The highest BCUT2D eigenvalue weighted by Gasteiger charge is 2.63. The highest BCUT2D eigenvalue weighted by molar-refractivity contribution is 6.32. The molecule has 0 saturated carbocycles. The first-order valence-electron chi connectivity index (χ1n) is 10.7. The summed E-state index contributed by atoms with van der Waals surface area (Å²) in [6, 6.07) is 9.48. The highest BCUT2D eigenvalue weighted by Crippen LogP contribution is 2.49. The van der Waals surface area contributed by atoms with Crippen molar-refractivity contribution in [1.82, 2.24) is 5.32 Å². The van der Waals surface area contributed by atoms with Crippen LogP contribution < -0.4 is 15.1 Å². The summed E-state index contributed by atoms with van der Waals surface area (Å²) < 4.78 is 0. The second-order valence-corrected chi connectivity index (χ2v) is 9.37. The SMILES string of the molecule is CC1CCN2c3ccc([N+](=O)[O-])cc3CC3(C(=O)NC(=O)N(c4ccc(Cl)cc4)C3=O)C2C1. The molecule has 0 bridgehead atoms. The molecule has 0 radical (unpaired) electrons. The van der Waals surface area contributed by atoms with E-state index in [4.69, 9.17) is 11.6 Å². The summed E-state index contributed by atoms with van der Waals surface area (Å²) in [4.78, 5) is 54.2. The number of halogens is 1. The number of hydrogen-bond acceptors (Lipinski definition) is 6. The lowest BCUT2D eigenvalue weighted by atomic mass is 9.64. The number of nitrogens with one attached hydrogen (secondary N) is 1. The Labute approximate surface area is 194 Å². The Morgan fingerprint density at radius 1 is 1.15 bits per heavy atom. The molecule has 170 valence electrons. The Morgan fingerprint density at radius 2 is 1.88 bits per heavy atom. The molecule has 33 heavy (non-hydrogen) atoms. The van der Waals surface area contributed by atoms with Crippen LogP contribution in [0.4, 0.5) is 21.9 Å². The zero-order chi connectivity index (χ0) is 23.5. The standard InChI is InChI=1S/C23H21ClN4O5/c1-13-8-9-26-18-7-6-17(28(32)33)11-14(18)12-23(19(26)10-13)20(29)25-22(31)27(21(23)30)16-4-2-15(24)3-5-16/h2-7,11,13,19H,8-10,12H2,1H3,(H,25,29,31). The average molecular weight is 469 g/mol. The van der Waals surface area contributed by atoms with Crippen molar-refractivity contribution in [2.45, 2.75) is 32.2 Å². The number of piperidine rings is 1. The number of fused-ring (bicyclic) bond motifs is 4. The monoisotopic (exact) mass is 468 g/mol. The normalized spacial score (nSPS) is 26.7. The lowest BCUT2D eigenvalue weighted by Crippen LogP contribution is -2.73. The van der Waals surface area contributed by atoms with Crippen LogP contribution in [0.25, 0.3) is 0 Å². The van der Waals surface area contributed by atoms with Gasteiger partial charge in [-0.15, -0.1) is 0 Å². The second kappa shape index (κ2) is 7.55. The van der Waals surface area contributed by atoms with Gasteiger partial charge in [-0.1, -0.05) is 18.5 Å². The van der Waals surface area contributed by atoms with Crippen LogP contribution in [-0.2, 0) is 16.0 Å². The molecule has 2 aromatic carbocycles. The van der Waals surface area contributed by atoms with Crippen LogP contribution in [0.1, 0.15) is 25.3 Å². The fourth-order valence-electron chi connectivity index (χ4n) is 5.35. The summed E-state index contributed by atoms with van der Waals surface area (Å²) in [5.74, 6) is -1.02. The van der Waals surface area contributed by atoms with Gasteiger partial charge in [0.15, 0.2) is 5.41 Å². The van der Waals surface area contributed by atoms with Crippen LogP contribution in [0.15, 0.2) is 42.5 Å². The molecule has 9 nitrogen and oxygen atoms in total. The highest BCUT2D eigenvalue weighted by atomic mass is 35.5. The van der Waals surface area contributed by atoms with E-state index in [0.717, 1.165) is 17.0 Å². The minimum Gasteiger partial charge on any atom is -0.367 e. The number of nitro benzene ring substituents is 1. The molecule has 10 heteroatoms. The third-order valence-electron chi connectivity index (χ3n) is 6.98. The van der Waals surface area contributed by atoms with Crippen molar-refractivity contribution in [3.05, 3.63) is 63.2 Å². The fraction of sp³-hybridized carbons (Fsp3) is 0.348. The van der Waals surface area contributed by atoms with E-state index in [9.17, 15) is 24.5 Å². The zero-order valence-corrected chi connectivity index (χ0v) is 18.5. The Morgan fingerprint density at radius 3 is 2.58 bits per heavy atom. The Kier molecular flexibility index (Phi) is 4.89. The molecule has 0 aliphatic carbocycles. The molecule has 3 heterocycles. The Hall–Kier alpha value is -3.46. The summed E-state index contributed by atoms with van der Waals surface area (Å²) in [6.07, 6.45) is 1.41. The molecular weight excluding hydrogens is 448 g/mol. The van der Waals surface area contributed by atoms with Gasteiger partial charge in [0, 0.05) is 35.8 Å². The van der Waals surface area contributed by atoms with E-state index in [-0.39, 0.29) is 18.0 Å². The molecule has 2 saturated heterocycles. The van der Waals surface area contributed by atoms with Crippen molar-refractivity contribution in [3.8, 4) is 0 Å². The summed E-state index contributed by atoms with van der Waals surface area (Å²) in [6.45, 7) is 2.68. The van der Waals surface area contributed by atoms with Gasteiger partial charge < -0.3 is 4.90 Å². The van der Waals surface area contributed by atoms with Crippen LogP contribution in [0, 0.1) is 21.4 Å². The summed E-state index contributed by atoms with van der Waals surface area (Å²) >= 11 is 5.97. The number of carbonyl (C=O) groups excluding carboxylic acids is 3. The van der Waals surface area contributed by atoms with E-state index in [1.165, 1.54) is 12.1 Å². The number of urea groups is 1. The molecular formula is C23H21ClN4O5. The Balaban J connectivity index is 1.68. The molecule has 2 fully saturated rings. The third kappa shape index (κ3) is 3.18. The number of nitro groups is 1. The molecule has 1 spiro atoms. The number of carbonyl (C=O) groups is 3. The second-order valence-electron chi connectivity index (χ2n) is 8.93. The van der Waals surface area contributed by atoms with Gasteiger partial charge in [-0.25, -0.2) is 9.69 Å². The number of nitrogens with zero attached hydrogens (tertiary/aromatic N) is 3. The number of anilines is 2. The largest absolute Gasteiger partial charge is 0.367 e. The van der Waals surface area contributed by atoms with Crippen LogP contribution in [0.5, 0.6) is 0 Å². The first kappa shape index (κ1) is 21.4. The lowest BCUT2D eigenvalue weighted by Gasteiger charge is -2.54. The predicted octanol–water partition coefficient (Wildman–Crippen LogP) is 3.68. The van der Waals surface area contributed by atoms with Crippen molar-refractivity contribution in [2.75, 3.05) is 16.3 Å². The van der Waals surface area contributed by atoms with Crippen molar-refractivity contribution < 1.29 is 19.3 Å². The van der Waals surface area contributed by atoms with Gasteiger partial charge in [0.1, 0.15) is 0 Å². The van der Waals surface area contributed by atoms with E-state index in [1.807, 2.05) is 4.90 Å². The topological polar surface area (TPSA) is 113 Å². The summed E-state index contributed by atoms with van der Waals surface area (Å²) in [5, 5.41) is 14.2. The van der Waals surface area contributed by atoms with E-state index in [2.05, 4.69) is 12.2 Å². The van der Waals surface area contributed by atoms with Gasteiger partial charge in [0.25, 0.3) is 11.6 Å². The number of amides is 4. The predicted molar refractivity (Wildman–Crippen MR) is 121 cm³/mol. The molecule has 3 unspecified atom stereocenters. The molecule has 0 aromatic heterocycles. The van der Waals surface area contributed by atoms with Gasteiger partial charge in [0.05, 0.1) is 16.7 Å². The van der Waals surface area contributed by atoms with Gasteiger partial charge >= 0.3 is 6.03 Å². The number of imide groups is 2. The van der Waals surface area contributed by atoms with Crippen molar-refractivity contribution >= 4 is 46.5 Å². The maximum atomic E-state index is 14.0. The van der Waals surface area contributed by atoms with Crippen molar-refractivity contribution in [3.63, 3.8) is 0 Å². The van der Waals surface area contributed by atoms with E-state index < -0.39 is 34.2 Å². The number of non-ortho nitro benzene ring substituents is 1. The van der Waals surface area contributed by atoms with Crippen LogP contribution in [-0.4, -0.2) is 35.4 Å². The quantitative estimate of drug-likeness (QED) is 0.408. The molecule has 2 aromatic rings. The van der Waals surface area contributed by atoms with Crippen LogP contribution in [0.2, 0.25) is 5.02 Å². The number of hydrogen-bond donors (Lipinski definition) is 1. The van der Waals surface area contributed by atoms with Gasteiger partial charge in [-0.2, -0.15) is 0 Å².